The van der Waals surface area contributed by atoms with Crippen LogP contribution in [0.4, 0.5) is 0 Å². The second-order valence-electron chi connectivity index (χ2n) is 6.41. The first-order valence-corrected chi connectivity index (χ1v) is 6.24. The third-order valence-electron chi connectivity index (χ3n) is 3.65. The summed E-state index contributed by atoms with van der Waals surface area (Å²) in [5, 5.41) is 2.55. The molecule has 1 aliphatic carbocycles. The van der Waals surface area contributed by atoms with Gasteiger partial charge in [-0.15, -0.1) is 0 Å². The van der Waals surface area contributed by atoms with Gasteiger partial charge in [0.25, 0.3) is 0 Å². The van der Waals surface area contributed by atoms with Crippen molar-refractivity contribution in [2.24, 2.45) is 11.3 Å². The van der Waals surface area contributed by atoms with Gasteiger partial charge in [0.15, 0.2) is 0 Å². The summed E-state index contributed by atoms with van der Waals surface area (Å²) < 4.78 is 0. The van der Waals surface area contributed by atoms with E-state index in [1.165, 1.54) is 25.7 Å². The normalized spacial score (nSPS) is 29.6. The molecule has 0 heterocycles. The molecule has 0 aromatic rings. The highest BCUT2D eigenvalue weighted by Gasteiger charge is 2.30. The number of quaternary nitrogens is 1. The number of hydrogen-bond donors (Lipinski definition) is 1. The SMILES string of the molecule is CC(C)[NH2+]C1CCC(C(C)(C)C)CC1. The first-order valence-electron chi connectivity index (χ1n) is 6.24. The second-order valence-corrected chi connectivity index (χ2v) is 6.41. The van der Waals surface area contributed by atoms with E-state index in [2.05, 4.69) is 39.9 Å². The zero-order valence-electron chi connectivity index (χ0n) is 10.6. The Hall–Kier alpha value is -0.0400. The van der Waals surface area contributed by atoms with E-state index in [1.807, 2.05) is 0 Å². The third kappa shape index (κ3) is 3.61. The molecule has 84 valence electrons. The lowest BCUT2D eigenvalue weighted by Gasteiger charge is -2.36. The van der Waals surface area contributed by atoms with Crippen LogP contribution < -0.4 is 5.32 Å². The lowest BCUT2D eigenvalue weighted by molar-refractivity contribution is -0.718. The quantitative estimate of drug-likeness (QED) is 0.702. The molecule has 1 saturated carbocycles. The van der Waals surface area contributed by atoms with Gasteiger partial charge < -0.3 is 5.32 Å². The Labute approximate surface area is 89.7 Å². The van der Waals surface area contributed by atoms with E-state index in [9.17, 15) is 0 Å². The highest BCUT2D eigenvalue weighted by molar-refractivity contribution is 4.79. The van der Waals surface area contributed by atoms with Crippen molar-refractivity contribution in [3.05, 3.63) is 0 Å². The van der Waals surface area contributed by atoms with Crippen LogP contribution in [0, 0.1) is 11.3 Å². The molecule has 0 atom stereocenters. The summed E-state index contributed by atoms with van der Waals surface area (Å²) in [6.45, 7) is 11.8. The van der Waals surface area contributed by atoms with Gasteiger partial charge in [-0.1, -0.05) is 20.8 Å². The molecular formula is C13H28N+. The maximum Gasteiger partial charge on any atom is 0.0861 e. The summed E-state index contributed by atoms with van der Waals surface area (Å²) in [7, 11) is 0. The molecule has 0 spiro atoms. The largest absolute Gasteiger partial charge is 0.342 e. The average molecular weight is 198 g/mol. The van der Waals surface area contributed by atoms with Crippen molar-refractivity contribution in [3.63, 3.8) is 0 Å². The van der Waals surface area contributed by atoms with Crippen LogP contribution in [0.5, 0.6) is 0 Å². The van der Waals surface area contributed by atoms with Crippen molar-refractivity contribution >= 4 is 0 Å². The Morgan fingerprint density at radius 2 is 1.50 bits per heavy atom. The van der Waals surface area contributed by atoms with Gasteiger partial charge in [0.1, 0.15) is 0 Å². The molecular weight excluding hydrogens is 170 g/mol. The Morgan fingerprint density at radius 3 is 1.86 bits per heavy atom. The Balaban J connectivity index is 2.31. The number of hydrogen-bond acceptors (Lipinski definition) is 0. The Morgan fingerprint density at radius 1 is 1.00 bits per heavy atom. The maximum atomic E-state index is 2.55. The fourth-order valence-corrected chi connectivity index (χ4v) is 2.72. The van der Waals surface area contributed by atoms with Crippen molar-refractivity contribution in [1.82, 2.24) is 0 Å². The fraction of sp³-hybridized carbons (Fsp3) is 1.00. The molecule has 0 saturated heterocycles. The van der Waals surface area contributed by atoms with Crippen LogP contribution in [-0.4, -0.2) is 12.1 Å². The van der Waals surface area contributed by atoms with Crippen LogP contribution in [0.3, 0.4) is 0 Å². The van der Waals surface area contributed by atoms with Gasteiger partial charge in [-0.05, 0) is 50.9 Å². The van der Waals surface area contributed by atoms with Gasteiger partial charge in [0, 0.05) is 0 Å². The first kappa shape index (κ1) is 12.0. The summed E-state index contributed by atoms with van der Waals surface area (Å²) in [6, 6.07) is 1.68. The van der Waals surface area contributed by atoms with Crippen molar-refractivity contribution in [1.29, 1.82) is 0 Å². The minimum Gasteiger partial charge on any atom is -0.342 e. The standard InChI is InChI=1S/C13H27N/c1-10(2)14-12-8-6-11(7-9-12)13(3,4)5/h10-12,14H,6-9H2,1-5H3/p+1. The highest BCUT2D eigenvalue weighted by Crippen LogP contribution is 2.36. The molecule has 0 bridgehead atoms. The van der Waals surface area contributed by atoms with Crippen LogP contribution >= 0.6 is 0 Å². The molecule has 1 rings (SSSR count). The van der Waals surface area contributed by atoms with Crippen LogP contribution in [0.2, 0.25) is 0 Å². The summed E-state index contributed by atoms with van der Waals surface area (Å²) in [6.07, 6.45) is 5.75. The topological polar surface area (TPSA) is 16.6 Å². The molecule has 0 amide bonds. The molecule has 1 heteroatoms. The number of nitrogens with two attached hydrogens (primary N) is 1. The zero-order valence-corrected chi connectivity index (χ0v) is 10.6. The van der Waals surface area contributed by atoms with Crippen LogP contribution in [0.15, 0.2) is 0 Å². The minimum atomic E-state index is 0.531. The Bertz CT molecular complexity index is 159. The van der Waals surface area contributed by atoms with Crippen LogP contribution in [0.1, 0.15) is 60.3 Å². The maximum absolute atomic E-state index is 2.55. The third-order valence-corrected chi connectivity index (χ3v) is 3.65. The van der Waals surface area contributed by atoms with Gasteiger partial charge in [0.2, 0.25) is 0 Å². The van der Waals surface area contributed by atoms with Crippen LogP contribution in [0.25, 0.3) is 0 Å². The van der Waals surface area contributed by atoms with E-state index < -0.39 is 0 Å². The van der Waals surface area contributed by atoms with Gasteiger partial charge in [-0.3, -0.25) is 0 Å². The highest BCUT2D eigenvalue weighted by atomic mass is 14.9. The van der Waals surface area contributed by atoms with E-state index in [0.717, 1.165) is 18.0 Å². The van der Waals surface area contributed by atoms with Gasteiger partial charge in [0.05, 0.1) is 12.1 Å². The number of rotatable bonds is 2. The van der Waals surface area contributed by atoms with E-state index in [-0.39, 0.29) is 0 Å². The van der Waals surface area contributed by atoms with Crippen LogP contribution in [-0.2, 0) is 0 Å². The minimum absolute atomic E-state index is 0.531. The molecule has 1 fully saturated rings. The lowest BCUT2D eigenvalue weighted by Crippen LogP contribution is -2.94. The average Bonchev–Trinajstić information content (AvgIpc) is 2.02. The molecule has 0 radical (unpaired) electrons. The zero-order chi connectivity index (χ0) is 10.8. The molecule has 0 unspecified atom stereocenters. The Kier molecular flexibility index (Phi) is 4.00. The van der Waals surface area contributed by atoms with E-state index in [1.54, 1.807) is 0 Å². The predicted octanol–water partition coefficient (Wildman–Crippen LogP) is 2.56. The summed E-state index contributed by atoms with van der Waals surface area (Å²) in [5.74, 6) is 0.958. The summed E-state index contributed by atoms with van der Waals surface area (Å²) >= 11 is 0. The lowest BCUT2D eigenvalue weighted by atomic mass is 9.71. The van der Waals surface area contributed by atoms with Crippen molar-refractivity contribution in [2.45, 2.75) is 72.4 Å². The molecule has 0 aromatic carbocycles. The van der Waals surface area contributed by atoms with Gasteiger partial charge in [-0.2, -0.15) is 0 Å². The van der Waals surface area contributed by atoms with E-state index >= 15 is 0 Å². The van der Waals surface area contributed by atoms with E-state index in [0.29, 0.717) is 5.41 Å². The molecule has 1 nitrogen and oxygen atoms in total. The van der Waals surface area contributed by atoms with Crippen molar-refractivity contribution in [3.8, 4) is 0 Å². The summed E-state index contributed by atoms with van der Waals surface area (Å²) in [5.41, 5.74) is 0.531. The molecule has 14 heavy (non-hydrogen) atoms. The van der Waals surface area contributed by atoms with Gasteiger partial charge >= 0.3 is 0 Å². The second kappa shape index (κ2) is 4.65. The van der Waals surface area contributed by atoms with Gasteiger partial charge in [-0.25, -0.2) is 0 Å². The van der Waals surface area contributed by atoms with Crippen molar-refractivity contribution < 1.29 is 5.32 Å². The monoisotopic (exact) mass is 198 g/mol. The summed E-state index contributed by atoms with van der Waals surface area (Å²) in [4.78, 5) is 0. The predicted molar refractivity (Wildman–Crippen MR) is 62.3 cm³/mol. The molecule has 0 aromatic heterocycles. The smallest absolute Gasteiger partial charge is 0.0861 e. The molecule has 2 N–H and O–H groups in total. The van der Waals surface area contributed by atoms with Crippen molar-refractivity contribution in [2.75, 3.05) is 0 Å². The van der Waals surface area contributed by atoms with E-state index in [4.69, 9.17) is 0 Å². The first-order chi connectivity index (χ1) is 6.39. The fourth-order valence-electron chi connectivity index (χ4n) is 2.72. The molecule has 1 aliphatic rings. The molecule has 0 aliphatic heterocycles.